The maximum absolute atomic E-state index is 12.5. The molecule has 0 fully saturated rings. The first-order chi connectivity index (χ1) is 16.0. The number of aromatic nitrogens is 4. The van der Waals surface area contributed by atoms with Crippen molar-refractivity contribution in [2.24, 2.45) is 0 Å². The molecular weight excluding hydrogens is 478 g/mol. The van der Waals surface area contributed by atoms with Crippen LogP contribution in [0.5, 0.6) is 0 Å². The van der Waals surface area contributed by atoms with Crippen LogP contribution in [0.3, 0.4) is 0 Å². The lowest BCUT2D eigenvalue weighted by molar-refractivity contribution is -0.113. The van der Waals surface area contributed by atoms with Crippen molar-refractivity contribution < 1.29 is 14.3 Å². The highest BCUT2D eigenvalue weighted by Crippen LogP contribution is 2.34. The Labute approximate surface area is 203 Å². The predicted molar refractivity (Wildman–Crippen MR) is 133 cm³/mol. The van der Waals surface area contributed by atoms with Gasteiger partial charge in [-0.15, -0.1) is 21.5 Å². The van der Waals surface area contributed by atoms with Crippen molar-refractivity contribution in [1.29, 1.82) is 0 Å². The molecule has 0 spiro atoms. The van der Waals surface area contributed by atoms with Crippen LogP contribution in [0.25, 0.3) is 21.5 Å². The smallest absolute Gasteiger partial charge is 0.350 e. The Morgan fingerprint density at radius 1 is 1.21 bits per heavy atom. The molecule has 0 saturated heterocycles. The SMILES string of the molecule is CCCn1c(SCC(=O)Nc2nc(C)c(C(=O)OCC)s2)nnc1-c1csc2ccccc12. The number of amides is 1. The Hall–Kier alpha value is -2.76. The Morgan fingerprint density at radius 2 is 2.03 bits per heavy atom. The number of hydrogen-bond acceptors (Lipinski definition) is 9. The summed E-state index contributed by atoms with van der Waals surface area (Å²) in [5, 5.41) is 15.9. The number of fused-ring (bicyclic) bond motifs is 1. The maximum atomic E-state index is 12.5. The summed E-state index contributed by atoms with van der Waals surface area (Å²) in [5.41, 5.74) is 1.59. The number of thioether (sulfide) groups is 1. The number of thiazole rings is 1. The summed E-state index contributed by atoms with van der Waals surface area (Å²) in [4.78, 5) is 29.2. The minimum Gasteiger partial charge on any atom is -0.462 e. The number of ether oxygens (including phenoxy) is 1. The molecule has 0 aliphatic heterocycles. The third kappa shape index (κ3) is 5.10. The Bertz CT molecular complexity index is 1290. The molecule has 0 saturated carbocycles. The van der Waals surface area contributed by atoms with E-state index in [2.05, 4.69) is 49.5 Å². The van der Waals surface area contributed by atoms with Crippen LogP contribution < -0.4 is 5.32 Å². The second-order valence-electron chi connectivity index (χ2n) is 7.09. The molecule has 172 valence electrons. The maximum Gasteiger partial charge on any atom is 0.350 e. The minimum absolute atomic E-state index is 0.152. The summed E-state index contributed by atoms with van der Waals surface area (Å²) in [6, 6.07) is 8.23. The van der Waals surface area contributed by atoms with E-state index < -0.39 is 5.97 Å². The van der Waals surface area contributed by atoms with Gasteiger partial charge in [-0.2, -0.15) is 0 Å². The number of hydrogen-bond donors (Lipinski definition) is 1. The molecule has 3 heterocycles. The normalized spacial score (nSPS) is 11.1. The minimum atomic E-state index is -0.427. The van der Waals surface area contributed by atoms with Gasteiger partial charge in [0.05, 0.1) is 18.1 Å². The quantitative estimate of drug-likeness (QED) is 0.247. The third-order valence-electron chi connectivity index (χ3n) is 4.72. The van der Waals surface area contributed by atoms with E-state index in [1.165, 1.54) is 16.5 Å². The lowest BCUT2D eigenvalue weighted by atomic mass is 10.1. The summed E-state index contributed by atoms with van der Waals surface area (Å²) in [6.45, 7) is 6.61. The fourth-order valence-corrected chi connectivity index (χ4v) is 5.87. The molecule has 11 heteroatoms. The van der Waals surface area contributed by atoms with E-state index in [1.54, 1.807) is 25.2 Å². The van der Waals surface area contributed by atoms with Gasteiger partial charge in [-0.05, 0) is 26.3 Å². The number of benzene rings is 1. The van der Waals surface area contributed by atoms with Crippen LogP contribution in [0.2, 0.25) is 0 Å². The number of carbonyl (C=O) groups excluding carboxylic acids is 2. The number of thiophene rings is 1. The Kier molecular flexibility index (Phi) is 7.41. The number of aryl methyl sites for hydroxylation is 1. The first kappa shape index (κ1) is 23.4. The molecule has 4 aromatic rings. The molecule has 1 aromatic carbocycles. The predicted octanol–water partition coefficient (Wildman–Crippen LogP) is 5.24. The lowest BCUT2D eigenvalue weighted by Gasteiger charge is -2.08. The van der Waals surface area contributed by atoms with Crippen molar-refractivity contribution >= 4 is 61.5 Å². The fraction of sp³-hybridized carbons (Fsp3) is 0.318. The summed E-state index contributed by atoms with van der Waals surface area (Å²) in [6.07, 6.45) is 0.919. The van der Waals surface area contributed by atoms with Gasteiger partial charge in [-0.25, -0.2) is 9.78 Å². The van der Waals surface area contributed by atoms with Gasteiger partial charge >= 0.3 is 5.97 Å². The molecule has 3 aromatic heterocycles. The topological polar surface area (TPSA) is 99.0 Å². The standard InChI is InChI=1S/C22H23N5O3S3/c1-4-10-27-19(15-11-31-16-9-7-6-8-14(15)16)25-26-22(27)32-12-17(28)24-21-23-13(3)18(33-21)20(29)30-5-2/h6-9,11H,4-5,10,12H2,1-3H3,(H,23,24,28). The van der Waals surface area contributed by atoms with Crippen LogP contribution in [0.4, 0.5) is 5.13 Å². The van der Waals surface area contributed by atoms with Crippen molar-refractivity contribution in [1.82, 2.24) is 19.7 Å². The van der Waals surface area contributed by atoms with Gasteiger partial charge in [0, 0.05) is 27.6 Å². The molecule has 0 unspecified atom stereocenters. The average Bonchev–Trinajstić information content (AvgIpc) is 3.49. The van der Waals surface area contributed by atoms with Crippen molar-refractivity contribution in [2.45, 2.75) is 38.9 Å². The third-order valence-corrected chi connectivity index (χ3v) is 7.71. The van der Waals surface area contributed by atoms with Crippen LogP contribution in [0.1, 0.15) is 35.6 Å². The monoisotopic (exact) mass is 501 g/mol. The van der Waals surface area contributed by atoms with E-state index in [1.807, 2.05) is 12.1 Å². The highest BCUT2D eigenvalue weighted by atomic mass is 32.2. The van der Waals surface area contributed by atoms with Crippen LogP contribution in [0, 0.1) is 6.92 Å². The number of rotatable bonds is 9. The van der Waals surface area contributed by atoms with Gasteiger partial charge < -0.3 is 14.6 Å². The van der Waals surface area contributed by atoms with E-state index in [-0.39, 0.29) is 18.3 Å². The highest BCUT2D eigenvalue weighted by Gasteiger charge is 2.20. The largest absolute Gasteiger partial charge is 0.462 e. The zero-order valence-electron chi connectivity index (χ0n) is 18.5. The number of nitrogens with zero attached hydrogens (tertiary/aromatic N) is 4. The molecular formula is C22H23N5O3S3. The molecule has 8 nitrogen and oxygen atoms in total. The summed E-state index contributed by atoms with van der Waals surface area (Å²) < 4.78 is 8.30. The molecule has 0 radical (unpaired) electrons. The fourth-order valence-electron chi connectivity index (χ4n) is 3.29. The van der Waals surface area contributed by atoms with E-state index in [4.69, 9.17) is 4.74 Å². The molecule has 33 heavy (non-hydrogen) atoms. The van der Waals surface area contributed by atoms with Gasteiger partial charge in [0.25, 0.3) is 0 Å². The van der Waals surface area contributed by atoms with Crippen molar-refractivity contribution in [3.8, 4) is 11.4 Å². The molecule has 1 N–H and O–H groups in total. The van der Waals surface area contributed by atoms with E-state index in [0.717, 1.165) is 41.1 Å². The summed E-state index contributed by atoms with van der Waals surface area (Å²) in [7, 11) is 0. The molecule has 0 bridgehead atoms. The number of anilines is 1. The van der Waals surface area contributed by atoms with E-state index >= 15 is 0 Å². The molecule has 0 aliphatic rings. The van der Waals surface area contributed by atoms with Crippen LogP contribution in [-0.2, 0) is 16.1 Å². The second-order valence-corrected chi connectivity index (χ2v) is 9.95. The van der Waals surface area contributed by atoms with Crippen molar-refractivity contribution in [2.75, 3.05) is 17.7 Å². The molecule has 4 rings (SSSR count). The van der Waals surface area contributed by atoms with Crippen LogP contribution in [-0.4, -0.2) is 44.0 Å². The average molecular weight is 502 g/mol. The number of esters is 1. The molecule has 0 atom stereocenters. The van der Waals surface area contributed by atoms with Gasteiger partial charge in [0.1, 0.15) is 4.88 Å². The van der Waals surface area contributed by atoms with Crippen LogP contribution >= 0.6 is 34.4 Å². The Morgan fingerprint density at radius 3 is 2.82 bits per heavy atom. The molecule has 1 amide bonds. The van der Waals surface area contributed by atoms with Gasteiger partial charge in [-0.1, -0.05) is 48.2 Å². The van der Waals surface area contributed by atoms with Crippen molar-refractivity contribution in [3.63, 3.8) is 0 Å². The Balaban J connectivity index is 1.47. The van der Waals surface area contributed by atoms with Crippen LogP contribution in [0.15, 0.2) is 34.8 Å². The van der Waals surface area contributed by atoms with Gasteiger partial charge in [0.15, 0.2) is 16.1 Å². The van der Waals surface area contributed by atoms with Crippen molar-refractivity contribution in [3.05, 3.63) is 40.2 Å². The first-order valence-corrected chi connectivity index (χ1v) is 13.2. The van der Waals surface area contributed by atoms with E-state index in [9.17, 15) is 9.59 Å². The summed E-state index contributed by atoms with van der Waals surface area (Å²) in [5.74, 6) is 0.313. The zero-order valence-corrected chi connectivity index (χ0v) is 20.9. The first-order valence-electron chi connectivity index (χ1n) is 10.5. The zero-order chi connectivity index (χ0) is 23.4. The molecule has 0 aliphatic carbocycles. The number of carbonyl (C=O) groups is 2. The number of nitrogens with one attached hydrogen (secondary N) is 1. The van der Waals surface area contributed by atoms with Gasteiger partial charge in [0.2, 0.25) is 5.91 Å². The second kappa shape index (κ2) is 10.4. The summed E-state index contributed by atoms with van der Waals surface area (Å²) >= 11 is 4.12. The highest BCUT2D eigenvalue weighted by molar-refractivity contribution is 7.99. The van der Waals surface area contributed by atoms with E-state index in [0.29, 0.717) is 20.9 Å². The lowest BCUT2D eigenvalue weighted by Crippen LogP contribution is -2.14. The van der Waals surface area contributed by atoms with Gasteiger partial charge in [-0.3, -0.25) is 4.79 Å².